The number of likely N-dealkylation sites (tertiary alicyclic amines) is 1. The van der Waals surface area contributed by atoms with E-state index in [1.54, 1.807) is 0 Å². The summed E-state index contributed by atoms with van der Waals surface area (Å²) >= 11 is 1.95. The summed E-state index contributed by atoms with van der Waals surface area (Å²) < 4.78 is 0.249. The molecule has 1 heterocycles. The number of nitrogens with zero attached hydrogens (tertiary/aromatic N) is 2. The average Bonchev–Trinajstić information content (AvgIpc) is 3.26. The van der Waals surface area contributed by atoms with Gasteiger partial charge >= 0.3 is 0 Å². The molecular formula is C21H33IN4OS. The van der Waals surface area contributed by atoms with Crippen LogP contribution in [0.25, 0.3) is 0 Å². The first-order chi connectivity index (χ1) is 13.0. The number of aliphatic imine (C=N–C) groups is 1. The molecule has 0 aromatic heterocycles. The largest absolute Gasteiger partial charge is 0.357 e. The number of halogens is 1. The van der Waals surface area contributed by atoms with Crippen molar-refractivity contribution in [2.24, 2.45) is 10.9 Å². The van der Waals surface area contributed by atoms with Gasteiger partial charge in [0.2, 0.25) is 5.91 Å². The third-order valence-corrected chi connectivity index (χ3v) is 6.57. The summed E-state index contributed by atoms with van der Waals surface area (Å²) in [5, 5.41) is 6.91. The van der Waals surface area contributed by atoms with Gasteiger partial charge in [-0.05, 0) is 38.3 Å². The summed E-state index contributed by atoms with van der Waals surface area (Å²) in [5.41, 5.74) is 0. The molecule has 0 spiro atoms. The van der Waals surface area contributed by atoms with Crippen molar-refractivity contribution in [3.63, 3.8) is 0 Å². The number of carbonyl (C=O) groups is 1. The standard InChI is InChI=1S/C21H32N4OS.HI/c1-4-22-20(24-17-10-13-25(14-17)19(26)16(2)3)23-15-21(11-12-21)27-18-8-6-5-7-9-18;/h5-9,16-17H,4,10-15H2,1-3H3,(H2,22,23,24);1H. The molecule has 156 valence electrons. The lowest BCUT2D eigenvalue weighted by molar-refractivity contribution is -0.133. The van der Waals surface area contributed by atoms with Crippen LogP contribution in [0.4, 0.5) is 0 Å². The van der Waals surface area contributed by atoms with E-state index in [1.165, 1.54) is 17.7 Å². The average molecular weight is 516 g/mol. The third kappa shape index (κ3) is 6.54. The van der Waals surface area contributed by atoms with Crippen LogP contribution in [0.1, 0.15) is 40.0 Å². The molecule has 28 heavy (non-hydrogen) atoms. The van der Waals surface area contributed by atoms with Gasteiger partial charge in [-0.2, -0.15) is 0 Å². The fourth-order valence-corrected chi connectivity index (χ4v) is 4.58. The summed E-state index contributed by atoms with van der Waals surface area (Å²) in [7, 11) is 0. The zero-order valence-electron chi connectivity index (χ0n) is 17.1. The highest BCUT2D eigenvalue weighted by atomic mass is 127. The Hall–Kier alpha value is -0.960. The predicted molar refractivity (Wildman–Crippen MR) is 129 cm³/mol. The topological polar surface area (TPSA) is 56.7 Å². The number of hydrogen-bond acceptors (Lipinski definition) is 3. The summed E-state index contributed by atoms with van der Waals surface area (Å²) in [6.45, 7) is 9.29. The van der Waals surface area contributed by atoms with Crippen LogP contribution in [0, 0.1) is 5.92 Å². The Morgan fingerprint density at radius 1 is 1.32 bits per heavy atom. The van der Waals surface area contributed by atoms with Crippen molar-refractivity contribution >= 4 is 47.6 Å². The Labute approximate surface area is 190 Å². The molecular weight excluding hydrogens is 483 g/mol. The zero-order valence-corrected chi connectivity index (χ0v) is 20.3. The van der Waals surface area contributed by atoms with Gasteiger partial charge < -0.3 is 15.5 Å². The van der Waals surface area contributed by atoms with Crippen LogP contribution >= 0.6 is 35.7 Å². The molecule has 1 saturated heterocycles. The number of guanidine groups is 1. The van der Waals surface area contributed by atoms with Crippen LogP contribution < -0.4 is 10.6 Å². The van der Waals surface area contributed by atoms with Gasteiger partial charge in [-0.25, -0.2) is 0 Å². The van der Waals surface area contributed by atoms with Crippen molar-refractivity contribution < 1.29 is 4.79 Å². The molecule has 1 aromatic carbocycles. The molecule has 1 aromatic rings. The van der Waals surface area contributed by atoms with Crippen LogP contribution in [0.15, 0.2) is 40.2 Å². The monoisotopic (exact) mass is 516 g/mol. The Bertz CT molecular complexity index is 664. The Morgan fingerprint density at radius 3 is 2.64 bits per heavy atom. The van der Waals surface area contributed by atoms with Crippen molar-refractivity contribution in [2.75, 3.05) is 26.2 Å². The maximum absolute atomic E-state index is 12.2. The van der Waals surface area contributed by atoms with E-state index in [-0.39, 0.29) is 46.6 Å². The van der Waals surface area contributed by atoms with Gasteiger partial charge in [-0.15, -0.1) is 35.7 Å². The predicted octanol–water partition coefficient (Wildman–Crippen LogP) is 3.74. The minimum atomic E-state index is 0. The molecule has 7 heteroatoms. The number of nitrogens with one attached hydrogen (secondary N) is 2. The van der Waals surface area contributed by atoms with E-state index in [4.69, 9.17) is 4.99 Å². The van der Waals surface area contributed by atoms with Gasteiger partial charge in [-0.1, -0.05) is 32.0 Å². The first-order valence-electron chi connectivity index (χ1n) is 10.1. The summed E-state index contributed by atoms with van der Waals surface area (Å²) in [6.07, 6.45) is 3.41. The lowest BCUT2D eigenvalue weighted by Gasteiger charge is -2.21. The van der Waals surface area contributed by atoms with Gasteiger partial charge in [0.25, 0.3) is 0 Å². The van der Waals surface area contributed by atoms with Crippen molar-refractivity contribution in [3.05, 3.63) is 30.3 Å². The normalized spacial score (nSPS) is 20.6. The molecule has 1 atom stereocenters. The van der Waals surface area contributed by atoms with E-state index < -0.39 is 0 Å². The number of thioether (sulfide) groups is 1. The lowest BCUT2D eigenvalue weighted by atomic mass is 10.2. The van der Waals surface area contributed by atoms with Crippen LogP contribution in [-0.2, 0) is 4.79 Å². The highest BCUT2D eigenvalue weighted by Gasteiger charge is 2.43. The molecule has 2 aliphatic rings. The van der Waals surface area contributed by atoms with Crippen LogP contribution in [-0.4, -0.2) is 53.7 Å². The molecule has 1 aliphatic carbocycles. The van der Waals surface area contributed by atoms with E-state index in [9.17, 15) is 4.79 Å². The van der Waals surface area contributed by atoms with Gasteiger partial charge in [0.1, 0.15) is 0 Å². The van der Waals surface area contributed by atoms with E-state index in [2.05, 4.69) is 47.9 Å². The SMILES string of the molecule is CCNC(=NCC1(Sc2ccccc2)CC1)NC1CCN(C(=O)C(C)C)C1.I. The van der Waals surface area contributed by atoms with Crippen LogP contribution in [0.5, 0.6) is 0 Å². The molecule has 1 amide bonds. The van der Waals surface area contributed by atoms with Gasteiger partial charge in [-0.3, -0.25) is 9.79 Å². The van der Waals surface area contributed by atoms with E-state index in [1.807, 2.05) is 30.5 Å². The second-order valence-electron chi connectivity index (χ2n) is 7.86. The summed E-state index contributed by atoms with van der Waals surface area (Å²) in [5.74, 6) is 1.19. The van der Waals surface area contributed by atoms with Gasteiger partial charge in [0.05, 0.1) is 6.54 Å². The molecule has 1 aliphatic heterocycles. The lowest BCUT2D eigenvalue weighted by Crippen LogP contribution is -2.45. The van der Waals surface area contributed by atoms with E-state index in [0.717, 1.165) is 38.6 Å². The molecule has 2 fully saturated rings. The van der Waals surface area contributed by atoms with Crippen LogP contribution in [0.3, 0.4) is 0 Å². The highest BCUT2D eigenvalue weighted by Crippen LogP contribution is 2.51. The van der Waals surface area contributed by atoms with E-state index >= 15 is 0 Å². The number of benzene rings is 1. The molecule has 0 bridgehead atoms. The van der Waals surface area contributed by atoms with Crippen molar-refractivity contribution in [1.82, 2.24) is 15.5 Å². The van der Waals surface area contributed by atoms with Gasteiger partial charge in [0.15, 0.2) is 5.96 Å². The molecule has 5 nitrogen and oxygen atoms in total. The molecule has 3 rings (SSSR count). The number of carbonyl (C=O) groups excluding carboxylic acids is 1. The minimum Gasteiger partial charge on any atom is -0.357 e. The fraction of sp³-hybridized carbons (Fsp3) is 0.619. The van der Waals surface area contributed by atoms with Crippen LogP contribution in [0.2, 0.25) is 0 Å². The third-order valence-electron chi connectivity index (χ3n) is 5.09. The summed E-state index contributed by atoms with van der Waals surface area (Å²) in [6, 6.07) is 10.9. The van der Waals surface area contributed by atoms with Gasteiger partial charge in [0, 0.05) is 41.2 Å². The fourth-order valence-electron chi connectivity index (χ4n) is 3.35. The number of hydrogen-bond donors (Lipinski definition) is 2. The summed E-state index contributed by atoms with van der Waals surface area (Å²) in [4.78, 5) is 20.4. The highest BCUT2D eigenvalue weighted by molar-refractivity contribution is 14.0. The Kier molecular flexibility index (Phi) is 8.92. The maximum Gasteiger partial charge on any atom is 0.225 e. The Morgan fingerprint density at radius 2 is 2.04 bits per heavy atom. The second kappa shape index (κ2) is 10.7. The van der Waals surface area contributed by atoms with Crippen molar-refractivity contribution in [3.8, 4) is 0 Å². The quantitative estimate of drug-likeness (QED) is 0.330. The smallest absolute Gasteiger partial charge is 0.225 e. The molecule has 2 N–H and O–H groups in total. The Balaban J connectivity index is 0.00000280. The van der Waals surface area contributed by atoms with Crippen molar-refractivity contribution in [1.29, 1.82) is 0 Å². The molecule has 0 radical (unpaired) electrons. The number of rotatable bonds is 7. The minimum absolute atomic E-state index is 0. The maximum atomic E-state index is 12.2. The number of amides is 1. The first kappa shape index (κ1) is 23.3. The second-order valence-corrected chi connectivity index (χ2v) is 9.40. The zero-order chi connectivity index (χ0) is 19.3. The van der Waals surface area contributed by atoms with Crippen molar-refractivity contribution in [2.45, 2.75) is 55.7 Å². The molecule has 1 unspecified atom stereocenters. The molecule has 1 saturated carbocycles. The first-order valence-corrected chi connectivity index (χ1v) is 10.9. The van der Waals surface area contributed by atoms with E-state index in [0.29, 0.717) is 0 Å².